The molecular weight excluding hydrogens is 328 g/mol. The number of rotatable bonds is 15. The maximum atomic E-state index is 2.94. The minimum absolute atomic E-state index is 0.863. The monoisotopic (exact) mass is 378 g/mol. The second-order valence-corrected chi connectivity index (χ2v) is 9.72. The molecule has 0 amide bonds. The minimum atomic E-state index is 0.863. The predicted octanol–water partition coefficient (Wildman–Crippen LogP) is 6.74. The van der Waals surface area contributed by atoms with Crippen molar-refractivity contribution in [2.24, 2.45) is 11.8 Å². The zero-order valence-corrected chi connectivity index (χ0v) is 19.2. The Morgan fingerprint density at radius 1 is 0.667 bits per heavy atom. The number of likely N-dealkylation sites (tertiary alicyclic amines) is 1. The molecule has 4 atom stereocenters. The molecule has 27 heavy (non-hydrogen) atoms. The molecule has 0 radical (unpaired) electrons. The van der Waals surface area contributed by atoms with E-state index in [2.05, 4.69) is 37.5 Å². The van der Waals surface area contributed by atoms with Crippen LogP contribution in [0.5, 0.6) is 0 Å². The highest BCUT2D eigenvalue weighted by Crippen LogP contribution is 2.33. The van der Waals surface area contributed by atoms with Crippen LogP contribution in [0.15, 0.2) is 0 Å². The van der Waals surface area contributed by atoms with Crippen molar-refractivity contribution in [2.45, 2.75) is 123 Å². The Bertz CT molecular complexity index is 355. The van der Waals surface area contributed by atoms with Gasteiger partial charge < -0.3 is 0 Å². The van der Waals surface area contributed by atoms with Crippen molar-refractivity contribution >= 4 is 0 Å². The molecule has 160 valence electrons. The van der Waals surface area contributed by atoms with Gasteiger partial charge in [-0.25, -0.2) is 0 Å². The van der Waals surface area contributed by atoms with E-state index in [1.807, 2.05) is 0 Å². The van der Waals surface area contributed by atoms with E-state index in [0.29, 0.717) is 0 Å². The SMILES string of the molecule is CCCCCC(CCCC)CN1C[C@H]2CC[C@@H](C1)N2CC(CC)CCCC. The zero-order chi connectivity index (χ0) is 19.5. The summed E-state index contributed by atoms with van der Waals surface area (Å²) in [6.45, 7) is 14.9. The third-order valence-electron chi connectivity index (χ3n) is 7.42. The van der Waals surface area contributed by atoms with Crippen LogP contribution < -0.4 is 0 Å². The van der Waals surface area contributed by atoms with Crippen LogP contribution in [-0.4, -0.2) is 48.1 Å². The zero-order valence-electron chi connectivity index (χ0n) is 19.2. The molecule has 2 unspecified atom stereocenters. The maximum absolute atomic E-state index is 2.94. The predicted molar refractivity (Wildman–Crippen MR) is 120 cm³/mol. The summed E-state index contributed by atoms with van der Waals surface area (Å²) in [7, 11) is 0. The normalized spacial score (nSPS) is 25.8. The number of hydrogen-bond acceptors (Lipinski definition) is 2. The molecule has 0 N–H and O–H groups in total. The van der Waals surface area contributed by atoms with Gasteiger partial charge in [0.25, 0.3) is 0 Å². The van der Waals surface area contributed by atoms with Gasteiger partial charge in [0, 0.05) is 38.3 Å². The van der Waals surface area contributed by atoms with Crippen molar-refractivity contribution in [3.63, 3.8) is 0 Å². The fourth-order valence-electron chi connectivity index (χ4n) is 5.61. The first-order valence-electron chi connectivity index (χ1n) is 12.7. The van der Waals surface area contributed by atoms with Crippen LogP contribution in [0.1, 0.15) is 111 Å². The Balaban J connectivity index is 1.82. The second-order valence-electron chi connectivity index (χ2n) is 9.72. The van der Waals surface area contributed by atoms with Gasteiger partial charge in [-0.15, -0.1) is 0 Å². The molecular formula is C25H50N2. The molecule has 2 heterocycles. The van der Waals surface area contributed by atoms with E-state index in [0.717, 1.165) is 23.9 Å². The third-order valence-corrected chi connectivity index (χ3v) is 7.42. The van der Waals surface area contributed by atoms with E-state index in [1.165, 1.54) is 110 Å². The van der Waals surface area contributed by atoms with Crippen molar-refractivity contribution < 1.29 is 0 Å². The first-order chi connectivity index (χ1) is 13.2. The molecule has 2 saturated heterocycles. The highest BCUT2D eigenvalue weighted by atomic mass is 15.3. The Hall–Kier alpha value is -0.0800. The molecule has 2 heteroatoms. The molecule has 0 spiro atoms. The van der Waals surface area contributed by atoms with Crippen LogP contribution in [0.3, 0.4) is 0 Å². The van der Waals surface area contributed by atoms with Crippen molar-refractivity contribution in [1.82, 2.24) is 9.80 Å². The van der Waals surface area contributed by atoms with E-state index in [-0.39, 0.29) is 0 Å². The molecule has 0 aliphatic carbocycles. The number of nitrogens with zero attached hydrogens (tertiary/aromatic N) is 2. The van der Waals surface area contributed by atoms with E-state index in [4.69, 9.17) is 0 Å². The van der Waals surface area contributed by atoms with E-state index < -0.39 is 0 Å². The average molecular weight is 379 g/mol. The highest BCUT2D eigenvalue weighted by Gasteiger charge is 2.40. The van der Waals surface area contributed by atoms with Crippen molar-refractivity contribution in [3.05, 3.63) is 0 Å². The summed E-state index contributed by atoms with van der Waals surface area (Å²) >= 11 is 0. The van der Waals surface area contributed by atoms with Crippen molar-refractivity contribution in [1.29, 1.82) is 0 Å². The number of piperazine rings is 1. The van der Waals surface area contributed by atoms with Gasteiger partial charge in [0.2, 0.25) is 0 Å². The van der Waals surface area contributed by atoms with Gasteiger partial charge in [0.05, 0.1) is 0 Å². The van der Waals surface area contributed by atoms with Crippen LogP contribution in [0.2, 0.25) is 0 Å². The lowest BCUT2D eigenvalue weighted by atomic mass is 9.94. The van der Waals surface area contributed by atoms with E-state index in [1.54, 1.807) is 0 Å². The van der Waals surface area contributed by atoms with Gasteiger partial charge in [0.15, 0.2) is 0 Å². The average Bonchev–Trinajstić information content (AvgIpc) is 2.90. The summed E-state index contributed by atoms with van der Waals surface area (Å²) in [5.41, 5.74) is 0. The topological polar surface area (TPSA) is 6.48 Å². The minimum Gasteiger partial charge on any atom is -0.300 e. The van der Waals surface area contributed by atoms with Crippen molar-refractivity contribution in [2.75, 3.05) is 26.2 Å². The molecule has 2 bridgehead atoms. The lowest BCUT2D eigenvalue weighted by Gasteiger charge is -2.43. The number of fused-ring (bicyclic) bond motifs is 2. The van der Waals surface area contributed by atoms with E-state index >= 15 is 0 Å². The molecule has 0 aromatic heterocycles. The second kappa shape index (κ2) is 13.2. The molecule has 2 nitrogen and oxygen atoms in total. The molecule has 0 saturated carbocycles. The van der Waals surface area contributed by atoms with Crippen LogP contribution >= 0.6 is 0 Å². The Morgan fingerprint density at radius 3 is 1.78 bits per heavy atom. The molecule has 0 aromatic carbocycles. The fraction of sp³-hybridized carbons (Fsp3) is 1.00. The van der Waals surface area contributed by atoms with Crippen LogP contribution in [0.4, 0.5) is 0 Å². The summed E-state index contributed by atoms with van der Waals surface area (Å²) in [4.78, 5) is 5.82. The Morgan fingerprint density at radius 2 is 1.22 bits per heavy atom. The molecule has 0 aromatic rings. The van der Waals surface area contributed by atoms with Crippen LogP contribution in [0, 0.1) is 11.8 Å². The summed E-state index contributed by atoms with van der Waals surface area (Å²) in [6, 6.07) is 1.73. The fourth-order valence-corrected chi connectivity index (χ4v) is 5.61. The molecule has 2 rings (SSSR count). The van der Waals surface area contributed by atoms with Gasteiger partial charge in [-0.2, -0.15) is 0 Å². The standard InChI is InChI=1S/C25H50N2/c1-5-9-12-15-23(14-11-7-3)18-26-20-24-16-17-25(21-26)27(24)19-22(8-4)13-10-6-2/h22-25H,5-21H2,1-4H3/t22?,23?,24-,25+. The van der Waals surface area contributed by atoms with Gasteiger partial charge in [0.1, 0.15) is 0 Å². The van der Waals surface area contributed by atoms with Gasteiger partial charge in [-0.3, -0.25) is 9.80 Å². The van der Waals surface area contributed by atoms with Gasteiger partial charge in [-0.05, 0) is 43.9 Å². The summed E-state index contributed by atoms with van der Waals surface area (Å²) in [5, 5.41) is 0. The summed E-state index contributed by atoms with van der Waals surface area (Å²) in [6.07, 6.45) is 18.5. The third kappa shape index (κ3) is 7.69. The highest BCUT2D eigenvalue weighted by molar-refractivity contribution is 4.96. The Kier molecular flexibility index (Phi) is 11.3. The van der Waals surface area contributed by atoms with Crippen LogP contribution in [0.25, 0.3) is 0 Å². The largest absolute Gasteiger partial charge is 0.300 e. The van der Waals surface area contributed by atoms with Gasteiger partial charge in [-0.1, -0.05) is 79.1 Å². The lowest BCUT2D eigenvalue weighted by Crippen LogP contribution is -2.55. The summed E-state index contributed by atoms with van der Waals surface area (Å²) < 4.78 is 0. The first-order valence-corrected chi connectivity index (χ1v) is 12.7. The van der Waals surface area contributed by atoms with Crippen LogP contribution in [-0.2, 0) is 0 Å². The Labute approximate surface area is 171 Å². The first kappa shape index (κ1) is 23.2. The van der Waals surface area contributed by atoms with Gasteiger partial charge >= 0.3 is 0 Å². The maximum Gasteiger partial charge on any atom is 0.0227 e. The quantitative estimate of drug-likeness (QED) is 0.291. The molecule has 2 aliphatic rings. The number of unbranched alkanes of at least 4 members (excludes halogenated alkanes) is 4. The summed E-state index contributed by atoms with van der Waals surface area (Å²) in [5.74, 6) is 1.89. The lowest BCUT2D eigenvalue weighted by molar-refractivity contribution is 0.0425. The van der Waals surface area contributed by atoms with Crippen molar-refractivity contribution in [3.8, 4) is 0 Å². The number of hydrogen-bond donors (Lipinski definition) is 0. The smallest absolute Gasteiger partial charge is 0.0227 e. The molecule has 2 fully saturated rings. The van der Waals surface area contributed by atoms with E-state index in [9.17, 15) is 0 Å². The molecule has 2 aliphatic heterocycles.